The predicted molar refractivity (Wildman–Crippen MR) is 147 cm³/mol. The highest BCUT2D eigenvalue weighted by Gasteiger charge is 2.32. The lowest BCUT2D eigenvalue weighted by Crippen LogP contribution is -2.37. The van der Waals surface area contributed by atoms with Gasteiger partial charge in [0.2, 0.25) is 0 Å². The van der Waals surface area contributed by atoms with Gasteiger partial charge in [0.1, 0.15) is 15.8 Å². The summed E-state index contributed by atoms with van der Waals surface area (Å²) in [6.45, 7) is 6.00. The number of likely N-dealkylation sites (N-methyl/N-ethyl adjacent to an activating group) is 1. The zero-order chi connectivity index (χ0) is 24.5. The fourth-order valence-electron chi connectivity index (χ4n) is 4.81. The number of carbonyl (C=O) groups is 1. The lowest BCUT2D eigenvalue weighted by Gasteiger charge is -2.33. The molecule has 1 aromatic carbocycles. The highest BCUT2D eigenvalue weighted by molar-refractivity contribution is 8.26. The molecule has 0 bridgehead atoms. The summed E-state index contributed by atoms with van der Waals surface area (Å²) in [5.41, 5.74) is 3.23. The molecule has 2 saturated heterocycles. The van der Waals surface area contributed by atoms with Gasteiger partial charge in [-0.15, -0.1) is 0 Å². The molecule has 8 heteroatoms. The molecule has 2 fully saturated rings. The number of rotatable bonds is 5. The molecule has 4 heterocycles. The first kappa shape index (κ1) is 23.8. The summed E-state index contributed by atoms with van der Waals surface area (Å²) in [4.78, 5) is 35.7. The van der Waals surface area contributed by atoms with Crippen molar-refractivity contribution in [1.82, 2.24) is 14.3 Å². The molecule has 1 amide bonds. The van der Waals surface area contributed by atoms with Crippen molar-refractivity contribution in [2.75, 3.05) is 24.5 Å². The maximum Gasteiger partial charge on any atom is 0.267 e. The van der Waals surface area contributed by atoms with E-state index in [1.807, 2.05) is 32.0 Å². The Morgan fingerprint density at radius 1 is 1.11 bits per heavy atom. The minimum atomic E-state index is -0.165. The van der Waals surface area contributed by atoms with Crippen molar-refractivity contribution in [3.63, 3.8) is 0 Å². The molecule has 2 aliphatic rings. The number of amides is 1. The van der Waals surface area contributed by atoms with Gasteiger partial charge >= 0.3 is 0 Å². The van der Waals surface area contributed by atoms with Crippen molar-refractivity contribution >= 4 is 51.7 Å². The van der Waals surface area contributed by atoms with Crippen LogP contribution in [0.15, 0.2) is 58.4 Å². The van der Waals surface area contributed by atoms with Gasteiger partial charge in [-0.25, -0.2) is 4.98 Å². The second-order valence-electron chi connectivity index (χ2n) is 9.14. The maximum absolute atomic E-state index is 13.7. The van der Waals surface area contributed by atoms with E-state index in [1.54, 1.807) is 21.6 Å². The number of nitrogens with zero attached hydrogens (tertiary/aromatic N) is 4. The predicted octanol–water partition coefficient (Wildman–Crippen LogP) is 4.68. The molecule has 5 rings (SSSR count). The third kappa shape index (κ3) is 4.77. The fourth-order valence-corrected chi connectivity index (χ4v) is 6.18. The van der Waals surface area contributed by atoms with Crippen LogP contribution in [0.2, 0.25) is 0 Å². The number of benzene rings is 1. The van der Waals surface area contributed by atoms with Gasteiger partial charge in [-0.3, -0.25) is 18.9 Å². The molecule has 0 spiro atoms. The first-order valence-corrected chi connectivity index (χ1v) is 13.2. The topological polar surface area (TPSA) is 57.9 Å². The number of aromatic nitrogens is 2. The number of hydrogen-bond acceptors (Lipinski definition) is 6. The third-order valence-corrected chi connectivity index (χ3v) is 8.11. The second-order valence-corrected chi connectivity index (χ2v) is 10.8. The molecular weight excluding hydrogens is 476 g/mol. The van der Waals surface area contributed by atoms with Gasteiger partial charge in [-0.2, -0.15) is 0 Å². The van der Waals surface area contributed by atoms with Crippen LogP contribution in [-0.2, 0) is 11.2 Å². The minimum Gasteiger partial charge on any atom is -0.356 e. The molecule has 2 aliphatic heterocycles. The molecule has 0 aliphatic carbocycles. The quantitative estimate of drug-likeness (QED) is 0.371. The Bertz CT molecular complexity index is 1380. The number of hydrogen-bond donors (Lipinski definition) is 0. The smallest absolute Gasteiger partial charge is 0.267 e. The lowest BCUT2D eigenvalue weighted by atomic mass is 9.90. The summed E-state index contributed by atoms with van der Waals surface area (Å²) in [7, 11) is 0. The highest BCUT2D eigenvalue weighted by atomic mass is 32.2. The van der Waals surface area contributed by atoms with Gasteiger partial charge in [-0.05, 0) is 62.3 Å². The van der Waals surface area contributed by atoms with E-state index in [0.29, 0.717) is 38.7 Å². The van der Waals surface area contributed by atoms with E-state index in [0.717, 1.165) is 37.9 Å². The van der Waals surface area contributed by atoms with Gasteiger partial charge < -0.3 is 4.90 Å². The second kappa shape index (κ2) is 9.95. The first-order chi connectivity index (χ1) is 16.9. The maximum atomic E-state index is 13.7. The van der Waals surface area contributed by atoms with Crippen molar-refractivity contribution < 1.29 is 4.79 Å². The molecule has 0 N–H and O–H groups in total. The van der Waals surface area contributed by atoms with Crippen molar-refractivity contribution in [2.24, 2.45) is 5.92 Å². The van der Waals surface area contributed by atoms with E-state index in [4.69, 9.17) is 17.2 Å². The Kier molecular flexibility index (Phi) is 6.75. The van der Waals surface area contributed by atoms with E-state index < -0.39 is 0 Å². The zero-order valence-electron chi connectivity index (χ0n) is 19.9. The average molecular weight is 505 g/mol. The van der Waals surface area contributed by atoms with Crippen molar-refractivity contribution in [2.45, 2.75) is 33.1 Å². The molecule has 0 saturated carbocycles. The van der Waals surface area contributed by atoms with Crippen LogP contribution in [0.4, 0.5) is 5.82 Å². The summed E-state index contributed by atoms with van der Waals surface area (Å²) >= 11 is 6.63. The SMILES string of the molecule is CCN1C(=O)/C(=C/c2c(N3CCC(Cc4ccccc4)CC3)nc3ccc(C)cn3c2=O)SC1=S. The van der Waals surface area contributed by atoms with Crippen LogP contribution in [0.1, 0.15) is 36.5 Å². The number of pyridine rings is 1. The standard InChI is InChI=1S/C27H28N4O2S2/c1-3-30-26(33)22(35-27(30)34)16-21-24(28-23-10-9-18(2)17-31(23)25(21)32)29-13-11-20(12-14-29)15-19-7-5-4-6-8-19/h4-10,16-17,20H,3,11-15H2,1-2H3/b22-16-. The van der Waals surface area contributed by atoms with Gasteiger partial charge in [0.25, 0.3) is 11.5 Å². The molecule has 6 nitrogen and oxygen atoms in total. The zero-order valence-corrected chi connectivity index (χ0v) is 21.6. The largest absolute Gasteiger partial charge is 0.356 e. The Morgan fingerprint density at radius 3 is 2.54 bits per heavy atom. The van der Waals surface area contributed by atoms with Crippen molar-refractivity contribution in [3.05, 3.63) is 80.6 Å². The van der Waals surface area contributed by atoms with E-state index in [-0.39, 0.29) is 11.5 Å². The van der Waals surface area contributed by atoms with Crippen LogP contribution >= 0.6 is 24.0 Å². The molecule has 2 aromatic heterocycles. The van der Waals surface area contributed by atoms with Crippen LogP contribution in [0.5, 0.6) is 0 Å². The fraction of sp³-hybridized carbons (Fsp3) is 0.333. The Balaban J connectivity index is 1.50. The van der Waals surface area contributed by atoms with Gasteiger partial charge in [-0.1, -0.05) is 60.4 Å². The average Bonchev–Trinajstić information content (AvgIpc) is 3.14. The normalized spacial score (nSPS) is 18.3. The number of piperidine rings is 1. The highest BCUT2D eigenvalue weighted by Crippen LogP contribution is 2.34. The summed E-state index contributed by atoms with van der Waals surface area (Å²) in [6, 6.07) is 14.4. The molecule has 0 unspecified atom stereocenters. The summed E-state index contributed by atoms with van der Waals surface area (Å²) < 4.78 is 2.10. The number of anilines is 1. The molecule has 35 heavy (non-hydrogen) atoms. The Labute approximate surface area is 214 Å². The van der Waals surface area contributed by atoms with Crippen LogP contribution in [-0.4, -0.2) is 44.1 Å². The van der Waals surface area contributed by atoms with Crippen molar-refractivity contribution in [1.29, 1.82) is 0 Å². The summed E-state index contributed by atoms with van der Waals surface area (Å²) in [5, 5.41) is 0. The Morgan fingerprint density at radius 2 is 1.86 bits per heavy atom. The van der Waals surface area contributed by atoms with E-state index in [9.17, 15) is 9.59 Å². The van der Waals surface area contributed by atoms with Crippen LogP contribution in [0.3, 0.4) is 0 Å². The van der Waals surface area contributed by atoms with Crippen LogP contribution in [0, 0.1) is 12.8 Å². The molecule has 3 aromatic rings. The molecule has 0 atom stereocenters. The number of fused-ring (bicyclic) bond motifs is 1. The molecular formula is C27H28N4O2S2. The van der Waals surface area contributed by atoms with E-state index in [1.165, 1.54) is 17.3 Å². The number of carbonyl (C=O) groups excluding carboxylic acids is 1. The third-order valence-electron chi connectivity index (χ3n) is 6.73. The van der Waals surface area contributed by atoms with E-state index >= 15 is 0 Å². The van der Waals surface area contributed by atoms with Gasteiger partial charge in [0, 0.05) is 25.8 Å². The number of thioether (sulfide) groups is 1. The van der Waals surface area contributed by atoms with Gasteiger partial charge in [0.15, 0.2) is 0 Å². The van der Waals surface area contributed by atoms with Crippen LogP contribution < -0.4 is 10.5 Å². The van der Waals surface area contributed by atoms with E-state index in [2.05, 4.69) is 29.2 Å². The molecule has 0 radical (unpaired) electrons. The Hall–Kier alpha value is -2.97. The first-order valence-electron chi connectivity index (χ1n) is 12.0. The lowest BCUT2D eigenvalue weighted by molar-refractivity contribution is -0.121. The summed E-state index contributed by atoms with van der Waals surface area (Å²) in [6.07, 6.45) is 6.62. The summed E-state index contributed by atoms with van der Waals surface area (Å²) in [5.74, 6) is 1.10. The monoisotopic (exact) mass is 504 g/mol. The van der Waals surface area contributed by atoms with Crippen LogP contribution in [0.25, 0.3) is 11.7 Å². The molecule has 180 valence electrons. The number of aryl methyl sites for hydroxylation is 1. The number of thiocarbonyl (C=S) groups is 1. The minimum absolute atomic E-state index is 0.149. The van der Waals surface area contributed by atoms with Crippen molar-refractivity contribution in [3.8, 4) is 0 Å². The van der Waals surface area contributed by atoms with Gasteiger partial charge in [0.05, 0.1) is 10.5 Å².